The van der Waals surface area contributed by atoms with E-state index in [9.17, 15) is 5.11 Å². The highest BCUT2D eigenvalue weighted by Crippen LogP contribution is 2.37. The van der Waals surface area contributed by atoms with Crippen LogP contribution in [0.5, 0.6) is 0 Å². The Morgan fingerprint density at radius 1 is 1.47 bits per heavy atom. The number of hydrogen-bond acceptors (Lipinski definition) is 3. The third-order valence-electron chi connectivity index (χ3n) is 4.25. The molecule has 0 spiro atoms. The predicted molar refractivity (Wildman–Crippen MR) is 76.8 cm³/mol. The number of fused-ring (bicyclic) bond motifs is 3. The number of rotatable bonds is 2. The minimum Gasteiger partial charge on any atom is -0.391 e. The van der Waals surface area contributed by atoms with Gasteiger partial charge in [0.2, 0.25) is 0 Å². The molecule has 0 bridgehead atoms. The van der Waals surface area contributed by atoms with E-state index >= 15 is 0 Å². The molecule has 1 aliphatic heterocycles. The molecule has 0 aromatic carbocycles. The molecular formula is C15H21N3O. The molecule has 0 aliphatic carbocycles. The van der Waals surface area contributed by atoms with Crippen LogP contribution < -0.4 is 5.32 Å². The Balaban J connectivity index is 2.19. The molecule has 0 saturated heterocycles. The van der Waals surface area contributed by atoms with Gasteiger partial charge in [-0.25, -0.2) is 4.98 Å². The van der Waals surface area contributed by atoms with Crippen molar-refractivity contribution >= 4 is 11.3 Å². The zero-order chi connectivity index (χ0) is 13.6. The van der Waals surface area contributed by atoms with Crippen LogP contribution in [0.1, 0.15) is 42.6 Å². The molecule has 4 heteroatoms. The van der Waals surface area contributed by atoms with E-state index < -0.39 is 0 Å². The number of anilines is 1. The normalized spacial score (nSPS) is 22.3. The van der Waals surface area contributed by atoms with E-state index in [1.807, 2.05) is 6.92 Å². The Morgan fingerprint density at radius 2 is 2.26 bits per heavy atom. The highest BCUT2D eigenvalue weighted by atomic mass is 16.3. The molecule has 0 amide bonds. The third-order valence-corrected chi connectivity index (χ3v) is 4.25. The molecule has 2 atom stereocenters. The molecule has 0 unspecified atom stereocenters. The zero-order valence-electron chi connectivity index (χ0n) is 11.8. The SMILES string of the molecule is CCC[C@H]1c2ccn3c(C)c(C)nc3c2NC[C@H]1O. The molecule has 2 aromatic rings. The van der Waals surface area contributed by atoms with Gasteiger partial charge in [-0.2, -0.15) is 0 Å². The minimum absolute atomic E-state index is 0.226. The van der Waals surface area contributed by atoms with Gasteiger partial charge in [0.15, 0.2) is 5.65 Å². The molecule has 2 N–H and O–H groups in total. The number of aliphatic hydroxyl groups is 1. The maximum absolute atomic E-state index is 10.2. The zero-order valence-corrected chi connectivity index (χ0v) is 11.8. The smallest absolute Gasteiger partial charge is 0.161 e. The van der Waals surface area contributed by atoms with Gasteiger partial charge in [0.05, 0.1) is 17.5 Å². The Hall–Kier alpha value is -1.55. The summed E-state index contributed by atoms with van der Waals surface area (Å²) in [5, 5.41) is 13.5. The first-order valence-electron chi connectivity index (χ1n) is 7.03. The second-order valence-electron chi connectivity index (χ2n) is 5.47. The number of aliphatic hydroxyl groups excluding tert-OH is 1. The summed E-state index contributed by atoms with van der Waals surface area (Å²) >= 11 is 0. The number of nitrogens with one attached hydrogen (secondary N) is 1. The lowest BCUT2D eigenvalue weighted by atomic mass is 9.86. The van der Waals surface area contributed by atoms with Gasteiger partial charge in [-0.1, -0.05) is 13.3 Å². The van der Waals surface area contributed by atoms with Crippen LogP contribution in [0.2, 0.25) is 0 Å². The number of imidazole rings is 1. The number of nitrogens with zero attached hydrogens (tertiary/aromatic N) is 2. The second kappa shape index (κ2) is 4.53. The van der Waals surface area contributed by atoms with Crippen LogP contribution >= 0.6 is 0 Å². The van der Waals surface area contributed by atoms with Gasteiger partial charge in [0, 0.05) is 24.4 Å². The lowest BCUT2D eigenvalue weighted by Crippen LogP contribution is -2.32. The van der Waals surface area contributed by atoms with E-state index in [0.29, 0.717) is 6.54 Å². The number of aromatic nitrogens is 2. The van der Waals surface area contributed by atoms with Gasteiger partial charge in [-0.3, -0.25) is 0 Å². The van der Waals surface area contributed by atoms with Gasteiger partial charge in [0.25, 0.3) is 0 Å². The van der Waals surface area contributed by atoms with E-state index in [4.69, 9.17) is 0 Å². The Kier molecular flexibility index (Phi) is 2.97. The molecule has 19 heavy (non-hydrogen) atoms. The van der Waals surface area contributed by atoms with Crippen LogP contribution in [0.25, 0.3) is 5.65 Å². The first-order chi connectivity index (χ1) is 9.13. The molecule has 102 valence electrons. The van der Waals surface area contributed by atoms with Crippen molar-refractivity contribution in [2.45, 2.75) is 45.6 Å². The summed E-state index contributed by atoms with van der Waals surface area (Å²) in [4.78, 5) is 4.66. The molecule has 0 fully saturated rings. The molecule has 4 nitrogen and oxygen atoms in total. The number of pyridine rings is 1. The lowest BCUT2D eigenvalue weighted by molar-refractivity contribution is 0.146. The largest absolute Gasteiger partial charge is 0.391 e. The monoisotopic (exact) mass is 259 g/mol. The Morgan fingerprint density at radius 3 is 3.00 bits per heavy atom. The summed E-state index contributed by atoms with van der Waals surface area (Å²) in [6.07, 6.45) is 3.88. The van der Waals surface area contributed by atoms with Crippen molar-refractivity contribution in [1.29, 1.82) is 0 Å². The van der Waals surface area contributed by atoms with Crippen LogP contribution in [-0.2, 0) is 0 Å². The Bertz CT molecular complexity index is 617. The van der Waals surface area contributed by atoms with Crippen molar-refractivity contribution in [2.75, 3.05) is 11.9 Å². The van der Waals surface area contributed by atoms with Gasteiger partial charge in [-0.15, -0.1) is 0 Å². The van der Waals surface area contributed by atoms with E-state index in [1.165, 1.54) is 11.3 Å². The van der Waals surface area contributed by atoms with E-state index in [2.05, 4.69) is 40.8 Å². The van der Waals surface area contributed by atoms with E-state index in [-0.39, 0.29) is 12.0 Å². The van der Waals surface area contributed by atoms with Crippen LogP contribution in [0.15, 0.2) is 12.3 Å². The lowest BCUT2D eigenvalue weighted by Gasteiger charge is -2.31. The molecule has 0 saturated carbocycles. The average molecular weight is 259 g/mol. The van der Waals surface area contributed by atoms with Crippen molar-refractivity contribution in [3.63, 3.8) is 0 Å². The van der Waals surface area contributed by atoms with Crippen LogP contribution in [-0.4, -0.2) is 27.1 Å². The van der Waals surface area contributed by atoms with Crippen LogP contribution in [0.3, 0.4) is 0 Å². The van der Waals surface area contributed by atoms with Gasteiger partial charge < -0.3 is 14.8 Å². The molecule has 0 radical (unpaired) electrons. The molecule has 2 aromatic heterocycles. The fraction of sp³-hybridized carbons (Fsp3) is 0.533. The van der Waals surface area contributed by atoms with Crippen molar-refractivity contribution in [1.82, 2.24) is 9.38 Å². The molecule has 1 aliphatic rings. The summed E-state index contributed by atoms with van der Waals surface area (Å²) in [7, 11) is 0. The van der Waals surface area contributed by atoms with Crippen molar-refractivity contribution in [3.05, 3.63) is 29.2 Å². The van der Waals surface area contributed by atoms with Crippen LogP contribution in [0, 0.1) is 13.8 Å². The Labute approximate surface area is 113 Å². The van der Waals surface area contributed by atoms with Crippen molar-refractivity contribution < 1.29 is 5.11 Å². The van der Waals surface area contributed by atoms with Crippen LogP contribution in [0.4, 0.5) is 5.69 Å². The highest BCUT2D eigenvalue weighted by Gasteiger charge is 2.29. The third kappa shape index (κ3) is 1.82. The minimum atomic E-state index is -0.299. The molecule has 3 heterocycles. The second-order valence-corrected chi connectivity index (χ2v) is 5.47. The highest BCUT2D eigenvalue weighted by molar-refractivity contribution is 5.74. The maximum atomic E-state index is 10.2. The van der Waals surface area contributed by atoms with Gasteiger partial charge in [-0.05, 0) is 31.9 Å². The van der Waals surface area contributed by atoms with E-state index in [0.717, 1.165) is 29.9 Å². The first kappa shape index (κ1) is 12.5. The van der Waals surface area contributed by atoms with Crippen molar-refractivity contribution in [2.24, 2.45) is 0 Å². The fourth-order valence-electron chi connectivity index (χ4n) is 3.06. The topological polar surface area (TPSA) is 49.6 Å². The van der Waals surface area contributed by atoms with Gasteiger partial charge in [0.1, 0.15) is 0 Å². The quantitative estimate of drug-likeness (QED) is 0.871. The average Bonchev–Trinajstić information content (AvgIpc) is 2.69. The summed E-state index contributed by atoms with van der Waals surface area (Å²) in [5.74, 6) is 0.226. The van der Waals surface area contributed by atoms with E-state index in [1.54, 1.807) is 0 Å². The number of β-amino-alcohol motifs (C(OH)–C–C–N with tert-alkyl or cyclic N) is 1. The number of hydrogen-bond donors (Lipinski definition) is 2. The first-order valence-corrected chi connectivity index (χ1v) is 7.03. The summed E-state index contributed by atoms with van der Waals surface area (Å²) in [6.45, 7) is 6.90. The predicted octanol–water partition coefficient (Wildman–Crippen LogP) is 2.62. The van der Waals surface area contributed by atoms with Crippen molar-refractivity contribution in [3.8, 4) is 0 Å². The summed E-state index contributed by atoms with van der Waals surface area (Å²) < 4.78 is 2.13. The standard InChI is InChI=1S/C15H21N3O/c1-4-5-11-12-6-7-18-10(3)9(2)17-15(18)14(12)16-8-13(11)19/h6-7,11,13,16,19H,4-5,8H2,1-3H3/t11-,13+/m0/s1. The summed E-state index contributed by atoms with van der Waals surface area (Å²) in [6, 6.07) is 2.13. The molecular weight excluding hydrogens is 238 g/mol. The fourth-order valence-corrected chi connectivity index (χ4v) is 3.06. The summed E-state index contributed by atoms with van der Waals surface area (Å²) in [5.41, 5.74) is 5.53. The number of aryl methyl sites for hydroxylation is 2. The van der Waals surface area contributed by atoms with Gasteiger partial charge >= 0.3 is 0 Å². The molecule has 3 rings (SSSR count). The maximum Gasteiger partial charge on any atom is 0.161 e.